The van der Waals surface area contributed by atoms with E-state index in [1.165, 1.54) is 6.92 Å². The maximum absolute atomic E-state index is 11.4. The van der Waals surface area contributed by atoms with Crippen molar-refractivity contribution in [3.8, 4) is 0 Å². The Bertz CT molecular complexity index is 278. The second-order valence-electron chi connectivity index (χ2n) is 3.56. The van der Waals surface area contributed by atoms with Crippen LogP contribution in [-0.4, -0.2) is 36.3 Å². The first-order chi connectivity index (χ1) is 7.15. The Labute approximate surface area is 89.9 Å². The lowest BCUT2D eigenvalue weighted by Gasteiger charge is -2.13. The van der Waals surface area contributed by atoms with E-state index in [9.17, 15) is 9.59 Å². The summed E-state index contributed by atoms with van der Waals surface area (Å²) < 4.78 is 4.82. The predicted molar refractivity (Wildman–Crippen MR) is 56.2 cm³/mol. The SMILES string of the molecule is CCOC(=O)/C(=C/N1CCCC1)C(C)=O. The maximum atomic E-state index is 11.4. The number of ketones is 1. The van der Waals surface area contributed by atoms with E-state index in [1.807, 2.05) is 4.90 Å². The molecule has 0 amide bonds. The number of hydrogen-bond acceptors (Lipinski definition) is 4. The Morgan fingerprint density at radius 3 is 2.40 bits per heavy atom. The Hall–Kier alpha value is -1.32. The van der Waals surface area contributed by atoms with Gasteiger partial charge in [-0.05, 0) is 26.7 Å². The molecule has 1 saturated heterocycles. The summed E-state index contributed by atoms with van der Waals surface area (Å²) in [6, 6.07) is 0. The molecule has 15 heavy (non-hydrogen) atoms. The van der Waals surface area contributed by atoms with Crippen LogP contribution in [0.2, 0.25) is 0 Å². The highest BCUT2D eigenvalue weighted by molar-refractivity contribution is 6.16. The van der Waals surface area contributed by atoms with Crippen molar-refractivity contribution in [2.75, 3.05) is 19.7 Å². The summed E-state index contributed by atoms with van der Waals surface area (Å²) in [5, 5.41) is 0. The molecule has 0 unspecified atom stereocenters. The second kappa shape index (κ2) is 5.53. The summed E-state index contributed by atoms with van der Waals surface area (Å²) in [6.07, 6.45) is 3.86. The molecule has 0 aromatic rings. The van der Waals surface area contributed by atoms with Gasteiger partial charge in [0.15, 0.2) is 5.78 Å². The fraction of sp³-hybridized carbons (Fsp3) is 0.636. The van der Waals surface area contributed by atoms with E-state index in [2.05, 4.69) is 0 Å². The van der Waals surface area contributed by atoms with Crippen LogP contribution in [-0.2, 0) is 14.3 Å². The van der Waals surface area contributed by atoms with Crippen molar-refractivity contribution in [2.24, 2.45) is 0 Å². The van der Waals surface area contributed by atoms with Crippen molar-refractivity contribution in [2.45, 2.75) is 26.7 Å². The van der Waals surface area contributed by atoms with Gasteiger partial charge in [-0.1, -0.05) is 0 Å². The molecule has 1 aliphatic heterocycles. The average molecular weight is 211 g/mol. The summed E-state index contributed by atoms with van der Waals surface area (Å²) in [5.74, 6) is -0.753. The van der Waals surface area contributed by atoms with E-state index in [-0.39, 0.29) is 11.4 Å². The molecule has 0 aromatic carbocycles. The topological polar surface area (TPSA) is 46.6 Å². The molecule has 0 spiro atoms. The third-order valence-corrected chi connectivity index (χ3v) is 2.33. The molecule has 0 bridgehead atoms. The van der Waals surface area contributed by atoms with E-state index in [0.29, 0.717) is 6.61 Å². The van der Waals surface area contributed by atoms with Gasteiger partial charge in [-0.15, -0.1) is 0 Å². The third-order valence-electron chi connectivity index (χ3n) is 2.33. The average Bonchev–Trinajstić information content (AvgIpc) is 2.66. The second-order valence-corrected chi connectivity index (χ2v) is 3.56. The standard InChI is InChI=1S/C11H17NO3/c1-3-15-11(14)10(9(2)13)8-12-6-4-5-7-12/h8H,3-7H2,1-2H3/b10-8+. The van der Waals surface area contributed by atoms with Gasteiger partial charge in [0.1, 0.15) is 5.57 Å². The Kier molecular flexibility index (Phi) is 4.34. The van der Waals surface area contributed by atoms with Crippen LogP contribution >= 0.6 is 0 Å². The van der Waals surface area contributed by atoms with Gasteiger partial charge in [-0.3, -0.25) is 4.79 Å². The molecular formula is C11H17NO3. The zero-order chi connectivity index (χ0) is 11.3. The molecule has 1 aliphatic rings. The normalized spacial score (nSPS) is 16.7. The van der Waals surface area contributed by atoms with Gasteiger partial charge in [0, 0.05) is 19.3 Å². The number of hydrogen-bond donors (Lipinski definition) is 0. The molecule has 4 heteroatoms. The van der Waals surface area contributed by atoms with Gasteiger partial charge < -0.3 is 9.64 Å². The van der Waals surface area contributed by atoms with E-state index in [4.69, 9.17) is 4.74 Å². The monoisotopic (exact) mass is 211 g/mol. The highest BCUT2D eigenvalue weighted by atomic mass is 16.5. The van der Waals surface area contributed by atoms with E-state index in [1.54, 1.807) is 13.1 Å². The van der Waals surface area contributed by atoms with Crippen molar-refractivity contribution in [1.29, 1.82) is 0 Å². The number of rotatable bonds is 4. The third kappa shape index (κ3) is 3.38. The molecular weight excluding hydrogens is 194 g/mol. The molecule has 1 rings (SSSR count). The minimum Gasteiger partial charge on any atom is -0.462 e. The van der Waals surface area contributed by atoms with Crippen LogP contribution in [0.5, 0.6) is 0 Å². The van der Waals surface area contributed by atoms with Gasteiger partial charge in [0.2, 0.25) is 0 Å². The largest absolute Gasteiger partial charge is 0.462 e. The quantitative estimate of drug-likeness (QED) is 0.302. The van der Waals surface area contributed by atoms with Crippen molar-refractivity contribution in [3.05, 3.63) is 11.8 Å². The number of carbonyl (C=O) groups excluding carboxylic acids is 2. The van der Waals surface area contributed by atoms with Crippen LogP contribution in [0.4, 0.5) is 0 Å². The Morgan fingerprint density at radius 1 is 1.33 bits per heavy atom. The van der Waals surface area contributed by atoms with E-state index >= 15 is 0 Å². The summed E-state index contributed by atoms with van der Waals surface area (Å²) >= 11 is 0. The highest BCUT2D eigenvalue weighted by Gasteiger charge is 2.18. The molecule has 0 saturated carbocycles. The van der Waals surface area contributed by atoms with Crippen LogP contribution < -0.4 is 0 Å². The van der Waals surface area contributed by atoms with Crippen molar-refractivity contribution in [1.82, 2.24) is 4.90 Å². The van der Waals surface area contributed by atoms with Gasteiger partial charge in [-0.2, -0.15) is 0 Å². The molecule has 84 valence electrons. The van der Waals surface area contributed by atoms with Crippen LogP contribution in [0.1, 0.15) is 26.7 Å². The zero-order valence-corrected chi connectivity index (χ0v) is 9.28. The maximum Gasteiger partial charge on any atom is 0.343 e. The van der Waals surface area contributed by atoms with Crippen LogP contribution in [0, 0.1) is 0 Å². The van der Waals surface area contributed by atoms with Crippen LogP contribution in [0.25, 0.3) is 0 Å². The highest BCUT2D eigenvalue weighted by Crippen LogP contribution is 2.11. The Balaban J connectivity index is 2.71. The first-order valence-electron chi connectivity index (χ1n) is 5.29. The molecule has 0 atom stereocenters. The first kappa shape index (κ1) is 11.8. The van der Waals surface area contributed by atoms with Gasteiger partial charge >= 0.3 is 5.97 Å². The van der Waals surface area contributed by atoms with Crippen molar-refractivity contribution < 1.29 is 14.3 Å². The number of carbonyl (C=O) groups is 2. The number of nitrogens with zero attached hydrogens (tertiary/aromatic N) is 1. The molecule has 4 nitrogen and oxygen atoms in total. The van der Waals surface area contributed by atoms with Crippen LogP contribution in [0.15, 0.2) is 11.8 Å². The minimum absolute atomic E-state index is 0.152. The van der Waals surface area contributed by atoms with Crippen molar-refractivity contribution in [3.63, 3.8) is 0 Å². The fourth-order valence-corrected chi connectivity index (χ4v) is 1.55. The zero-order valence-electron chi connectivity index (χ0n) is 9.28. The van der Waals surface area contributed by atoms with Gasteiger partial charge in [0.25, 0.3) is 0 Å². The summed E-state index contributed by atoms with van der Waals surface area (Å²) in [6.45, 7) is 5.24. The number of ether oxygens (including phenoxy) is 1. The lowest BCUT2D eigenvalue weighted by Crippen LogP contribution is -2.19. The molecule has 0 N–H and O–H groups in total. The summed E-state index contributed by atoms with van der Waals surface area (Å²) in [4.78, 5) is 24.7. The number of esters is 1. The predicted octanol–water partition coefficient (Wildman–Crippen LogP) is 1.12. The van der Waals surface area contributed by atoms with Gasteiger partial charge in [-0.25, -0.2) is 4.79 Å². The minimum atomic E-state index is -0.517. The lowest BCUT2D eigenvalue weighted by molar-refractivity contribution is -0.139. The molecule has 0 aromatic heterocycles. The lowest BCUT2D eigenvalue weighted by atomic mass is 10.2. The molecule has 0 aliphatic carbocycles. The van der Waals surface area contributed by atoms with E-state index in [0.717, 1.165) is 25.9 Å². The number of likely N-dealkylation sites (tertiary alicyclic amines) is 1. The van der Waals surface area contributed by atoms with Crippen LogP contribution in [0.3, 0.4) is 0 Å². The smallest absolute Gasteiger partial charge is 0.343 e. The number of Topliss-reactive ketones (excluding diaryl/α,β-unsaturated/α-hetero) is 1. The fourth-order valence-electron chi connectivity index (χ4n) is 1.55. The van der Waals surface area contributed by atoms with Crippen molar-refractivity contribution >= 4 is 11.8 Å². The first-order valence-corrected chi connectivity index (χ1v) is 5.29. The Morgan fingerprint density at radius 2 is 1.93 bits per heavy atom. The molecule has 1 fully saturated rings. The summed E-state index contributed by atoms with van der Waals surface area (Å²) in [5.41, 5.74) is 0.152. The van der Waals surface area contributed by atoms with Gasteiger partial charge in [0.05, 0.1) is 6.61 Å². The summed E-state index contributed by atoms with van der Waals surface area (Å²) in [7, 11) is 0. The molecule has 0 radical (unpaired) electrons. The molecule has 1 heterocycles. The van der Waals surface area contributed by atoms with E-state index < -0.39 is 5.97 Å².